The summed E-state index contributed by atoms with van der Waals surface area (Å²) in [6.45, 7) is 9.95. The molecule has 1 saturated heterocycles. The maximum Gasteiger partial charge on any atom is 0.0101 e. The van der Waals surface area contributed by atoms with Crippen molar-refractivity contribution < 1.29 is 0 Å². The van der Waals surface area contributed by atoms with Gasteiger partial charge in [-0.3, -0.25) is 0 Å². The fraction of sp³-hybridized carbons (Fsp3) is 1.00. The van der Waals surface area contributed by atoms with Gasteiger partial charge in [0.15, 0.2) is 0 Å². The number of hydrogen-bond donors (Lipinski definition) is 0. The number of likely N-dealkylation sites (tertiary alicyclic amines) is 1. The van der Waals surface area contributed by atoms with Gasteiger partial charge in [-0.05, 0) is 50.0 Å². The zero-order valence-electron chi connectivity index (χ0n) is 12.2. The number of hydrogen-bond acceptors (Lipinski definition) is 1. The van der Waals surface area contributed by atoms with Crippen molar-refractivity contribution in [2.24, 2.45) is 11.3 Å². The van der Waals surface area contributed by atoms with Crippen LogP contribution in [0.4, 0.5) is 0 Å². The number of nitrogens with zero attached hydrogens (tertiary/aromatic N) is 1. The van der Waals surface area contributed by atoms with Crippen molar-refractivity contribution in [3.8, 4) is 0 Å². The van der Waals surface area contributed by atoms with Crippen LogP contribution in [0.3, 0.4) is 0 Å². The topological polar surface area (TPSA) is 3.24 Å². The van der Waals surface area contributed by atoms with Crippen molar-refractivity contribution >= 4 is 0 Å². The first kappa shape index (κ1) is 13.4. The SMILES string of the molecule is CC(C)(C)CC1CCCN1CC1CCCCC1. The molecule has 1 heterocycles. The first-order valence-corrected chi connectivity index (χ1v) is 7.79. The first-order chi connectivity index (χ1) is 8.04. The summed E-state index contributed by atoms with van der Waals surface area (Å²) < 4.78 is 0. The van der Waals surface area contributed by atoms with Gasteiger partial charge in [0.25, 0.3) is 0 Å². The molecule has 0 spiro atoms. The molecule has 0 N–H and O–H groups in total. The summed E-state index contributed by atoms with van der Waals surface area (Å²) in [6, 6.07) is 0.886. The van der Waals surface area contributed by atoms with Crippen LogP contribution >= 0.6 is 0 Å². The van der Waals surface area contributed by atoms with Gasteiger partial charge in [-0.1, -0.05) is 40.0 Å². The van der Waals surface area contributed by atoms with Crippen molar-refractivity contribution in [1.29, 1.82) is 0 Å². The van der Waals surface area contributed by atoms with Gasteiger partial charge in [0.1, 0.15) is 0 Å². The van der Waals surface area contributed by atoms with Crippen molar-refractivity contribution in [2.75, 3.05) is 13.1 Å². The van der Waals surface area contributed by atoms with Crippen LogP contribution in [0.15, 0.2) is 0 Å². The molecule has 1 aliphatic carbocycles. The molecular formula is C16H31N. The van der Waals surface area contributed by atoms with Crippen LogP contribution in [0, 0.1) is 11.3 Å². The average Bonchev–Trinajstić information content (AvgIpc) is 2.65. The monoisotopic (exact) mass is 237 g/mol. The van der Waals surface area contributed by atoms with E-state index in [1.165, 1.54) is 64.5 Å². The normalized spacial score (nSPS) is 28.8. The molecule has 17 heavy (non-hydrogen) atoms. The van der Waals surface area contributed by atoms with Crippen LogP contribution in [-0.2, 0) is 0 Å². The third kappa shape index (κ3) is 4.28. The molecule has 0 radical (unpaired) electrons. The Balaban J connectivity index is 1.82. The lowest BCUT2D eigenvalue weighted by Gasteiger charge is -2.34. The highest BCUT2D eigenvalue weighted by Gasteiger charge is 2.30. The van der Waals surface area contributed by atoms with Crippen molar-refractivity contribution in [3.05, 3.63) is 0 Å². The summed E-state index contributed by atoms with van der Waals surface area (Å²) >= 11 is 0. The minimum atomic E-state index is 0.500. The summed E-state index contributed by atoms with van der Waals surface area (Å²) in [5, 5.41) is 0. The molecule has 1 heteroatoms. The van der Waals surface area contributed by atoms with Gasteiger partial charge in [-0.15, -0.1) is 0 Å². The average molecular weight is 237 g/mol. The van der Waals surface area contributed by atoms with Crippen LogP contribution < -0.4 is 0 Å². The second kappa shape index (κ2) is 5.73. The standard InChI is InChI=1S/C16H31N/c1-16(2,3)12-15-10-7-11-17(15)13-14-8-5-4-6-9-14/h14-15H,4-13H2,1-3H3. The van der Waals surface area contributed by atoms with Crippen molar-refractivity contribution in [1.82, 2.24) is 4.90 Å². The fourth-order valence-electron chi connectivity index (χ4n) is 3.77. The molecular weight excluding hydrogens is 206 g/mol. The van der Waals surface area contributed by atoms with Gasteiger partial charge >= 0.3 is 0 Å². The minimum Gasteiger partial charge on any atom is -0.300 e. The smallest absolute Gasteiger partial charge is 0.0101 e. The van der Waals surface area contributed by atoms with Crippen molar-refractivity contribution in [2.45, 2.75) is 78.2 Å². The minimum absolute atomic E-state index is 0.500. The Morgan fingerprint density at radius 1 is 0.941 bits per heavy atom. The van der Waals surface area contributed by atoms with Gasteiger partial charge in [0.2, 0.25) is 0 Å². The molecule has 0 aromatic heterocycles. The highest BCUT2D eigenvalue weighted by atomic mass is 15.2. The molecule has 1 saturated carbocycles. The van der Waals surface area contributed by atoms with E-state index in [1.54, 1.807) is 0 Å². The molecule has 0 aromatic rings. The molecule has 1 unspecified atom stereocenters. The Hall–Kier alpha value is -0.0400. The molecule has 1 aliphatic heterocycles. The van der Waals surface area contributed by atoms with E-state index in [0.717, 1.165) is 12.0 Å². The zero-order chi connectivity index (χ0) is 12.3. The Bertz CT molecular complexity index is 222. The third-order valence-corrected chi connectivity index (χ3v) is 4.56. The van der Waals surface area contributed by atoms with Gasteiger partial charge in [-0.2, -0.15) is 0 Å². The summed E-state index contributed by atoms with van der Waals surface area (Å²) in [4.78, 5) is 2.82. The Kier molecular flexibility index (Phi) is 4.52. The third-order valence-electron chi connectivity index (χ3n) is 4.56. The Morgan fingerprint density at radius 2 is 1.65 bits per heavy atom. The lowest BCUT2D eigenvalue weighted by Crippen LogP contribution is -2.36. The molecule has 2 rings (SSSR count). The quantitative estimate of drug-likeness (QED) is 0.700. The van der Waals surface area contributed by atoms with Crippen LogP contribution in [-0.4, -0.2) is 24.0 Å². The Morgan fingerprint density at radius 3 is 2.29 bits per heavy atom. The summed E-state index contributed by atoms with van der Waals surface area (Å²) in [5.74, 6) is 1.02. The van der Waals surface area contributed by atoms with Crippen molar-refractivity contribution in [3.63, 3.8) is 0 Å². The van der Waals surface area contributed by atoms with Gasteiger partial charge < -0.3 is 4.90 Å². The molecule has 100 valence electrons. The maximum absolute atomic E-state index is 2.82. The lowest BCUT2D eigenvalue weighted by molar-refractivity contribution is 0.153. The summed E-state index contributed by atoms with van der Waals surface area (Å²) in [5.41, 5.74) is 0.500. The van der Waals surface area contributed by atoms with E-state index in [-0.39, 0.29) is 0 Å². The predicted octanol–water partition coefficient (Wildman–Crippen LogP) is 4.47. The van der Waals surface area contributed by atoms with E-state index in [9.17, 15) is 0 Å². The van der Waals surface area contributed by atoms with Gasteiger partial charge in [0, 0.05) is 12.6 Å². The van der Waals surface area contributed by atoms with Gasteiger partial charge in [-0.25, -0.2) is 0 Å². The highest BCUT2D eigenvalue weighted by Crippen LogP contribution is 2.32. The van der Waals surface area contributed by atoms with E-state index in [2.05, 4.69) is 25.7 Å². The zero-order valence-corrected chi connectivity index (χ0v) is 12.2. The molecule has 0 bridgehead atoms. The van der Waals surface area contributed by atoms with Crippen LogP contribution in [0.25, 0.3) is 0 Å². The lowest BCUT2D eigenvalue weighted by atomic mass is 9.86. The molecule has 0 amide bonds. The maximum atomic E-state index is 2.82. The van der Waals surface area contributed by atoms with Crippen LogP contribution in [0.5, 0.6) is 0 Å². The Labute approximate surface area is 108 Å². The summed E-state index contributed by atoms with van der Waals surface area (Å²) in [7, 11) is 0. The molecule has 0 aromatic carbocycles. The molecule has 1 nitrogen and oxygen atoms in total. The van der Waals surface area contributed by atoms with Crippen LogP contribution in [0.1, 0.15) is 72.1 Å². The van der Waals surface area contributed by atoms with E-state index in [1.807, 2.05) is 0 Å². The van der Waals surface area contributed by atoms with Gasteiger partial charge in [0.05, 0.1) is 0 Å². The largest absolute Gasteiger partial charge is 0.300 e. The second-order valence-corrected chi connectivity index (χ2v) is 7.56. The van der Waals surface area contributed by atoms with Crippen LogP contribution in [0.2, 0.25) is 0 Å². The van der Waals surface area contributed by atoms with E-state index in [4.69, 9.17) is 0 Å². The fourth-order valence-corrected chi connectivity index (χ4v) is 3.77. The first-order valence-electron chi connectivity index (χ1n) is 7.79. The molecule has 1 atom stereocenters. The highest BCUT2D eigenvalue weighted by molar-refractivity contribution is 4.84. The molecule has 2 aliphatic rings. The van der Waals surface area contributed by atoms with E-state index < -0.39 is 0 Å². The molecule has 2 fully saturated rings. The second-order valence-electron chi connectivity index (χ2n) is 7.56. The van der Waals surface area contributed by atoms with E-state index >= 15 is 0 Å². The summed E-state index contributed by atoms with van der Waals surface area (Å²) in [6.07, 6.45) is 11.7. The number of rotatable bonds is 3. The predicted molar refractivity (Wildman–Crippen MR) is 75.2 cm³/mol. The van der Waals surface area contributed by atoms with E-state index in [0.29, 0.717) is 5.41 Å².